The lowest BCUT2D eigenvalue weighted by Gasteiger charge is -2.22. The van der Waals surface area contributed by atoms with Crippen LogP contribution < -0.4 is 0 Å². The zero-order chi connectivity index (χ0) is 94.5. The fourth-order valence-corrected chi connectivity index (χ4v) is 29.4. The van der Waals surface area contributed by atoms with Gasteiger partial charge in [0, 0.05) is 36.4 Å². The van der Waals surface area contributed by atoms with Gasteiger partial charge < -0.3 is 27.3 Å². The van der Waals surface area contributed by atoms with E-state index >= 15 is 27.3 Å². The average Bonchev–Trinajstić information content (AvgIpc) is 0.717. The van der Waals surface area contributed by atoms with E-state index in [2.05, 4.69) is 77.9 Å². The van der Waals surface area contributed by atoms with Gasteiger partial charge >= 0.3 is 0 Å². The van der Waals surface area contributed by atoms with Crippen LogP contribution in [-0.2, 0) is 67.1 Å². The molecule has 4 rings (SSSR count). The summed E-state index contributed by atoms with van der Waals surface area (Å²) in [6.07, 6.45) is 113. The van der Waals surface area contributed by atoms with Crippen molar-refractivity contribution >= 4 is 99.4 Å². The summed E-state index contributed by atoms with van der Waals surface area (Å²) < 4.78 is 94.1. The third kappa shape index (κ3) is 62.2. The van der Waals surface area contributed by atoms with Gasteiger partial charge in [0.1, 0.15) is 34.5 Å². The maximum Gasteiger partial charge on any atom is 0.208 e. The average molecular weight is 1950 g/mol. The van der Waals surface area contributed by atoms with Crippen LogP contribution in [0, 0.1) is 0 Å². The van der Waals surface area contributed by atoms with Gasteiger partial charge in [0.05, 0.1) is 0 Å². The van der Waals surface area contributed by atoms with E-state index in [0.29, 0.717) is 63.9 Å². The number of rotatable bonds is 102. The Morgan fingerprint density at radius 1 is 0.114 bits per heavy atom. The largest absolute Gasteiger partial charge is 0.611 e. The summed E-state index contributed by atoms with van der Waals surface area (Å²) in [4.78, 5) is 3.87. The maximum absolute atomic E-state index is 15.7. The molecule has 0 aliphatic carbocycles. The number of hydrogen-bond acceptors (Lipinski definition) is 6. The first-order chi connectivity index (χ1) is 65.1. The fraction of sp³-hybridized carbons (Fsp3) is 0.850. The second kappa shape index (κ2) is 90.5. The molecule has 0 aliphatic rings. The van der Waals surface area contributed by atoms with Gasteiger partial charge in [-0.2, -0.15) is 0 Å². The molecule has 4 aromatic carbocycles. The first-order valence-electron chi connectivity index (χ1n) is 58.9. The monoisotopic (exact) mass is 1950 g/mol. The Hall–Kier alpha value is -0.480. The number of fused-ring (bicyclic) bond motifs is 6. The van der Waals surface area contributed by atoms with E-state index in [1.54, 1.807) is 0 Å². The Kier molecular flexibility index (Phi) is 84.9. The summed E-state index contributed by atoms with van der Waals surface area (Å²) in [5.74, 6) is 2.95. The topological polar surface area (TPSA) is 138 Å². The van der Waals surface area contributed by atoms with E-state index in [-0.39, 0.29) is 0 Å². The molecular formula is C120H216O6S6. The molecule has 0 fully saturated rings. The normalized spacial score (nSPS) is 13.5. The minimum atomic E-state index is -1.47. The highest BCUT2D eigenvalue weighted by atomic mass is 32.2. The third-order valence-electron chi connectivity index (χ3n) is 29.2. The van der Waals surface area contributed by atoms with Crippen molar-refractivity contribution in [1.82, 2.24) is 0 Å². The third-order valence-corrected chi connectivity index (χ3v) is 38.5. The molecule has 12 heteroatoms. The van der Waals surface area contributed by atoms with Gasteiger partial charge in [-0.15, -0.1) is 0 Å². The van der Waals surface area contributed by atoms with Gasteiger partial charge in [0.2, 0.25) is 29.4 Å². The molecule has 132 heavy (non-hydrogen) atoms. The molecular weight excluding hydrogens is 1730 g/mol. The van der Waals surface area contributed by atoms with Crippen molar-refractivity contribution < 1.29 is 27.3 Å². The number of hydrogen-bond donors (Lipinski definition) is 0. The number of benzene rings is 4. The van der Waals surface area contributed by atoms with Gasteiger partial charge in [-0.3, -0.25) is 0 Å². The zero-order valence-electron chi connectivity index (χ0n) is 88.2. The molecule has 6 atom stereocenters. The van der Waals surface area contributed by atoms with Gasteiger partial charge in [0.15, 0.2) is 0 Å². The van der Waals surface area contributed by atoms with Crippen LogP contribution in [0.2, 0.25) is 0 Å². The van der Waals surface area contributed by atoms with Crippen LogP contribution in [0.15, 0.2) is 65.8 Å². The van der Waals surface area contributed by atoms with E-state index in [1.807, 2.05) is 0 Å². The first kappa shape index (κ1) is 124. The van der Waals surface area contributed by atoms with Crippen molar-refractivity contribution in [2.75, 3.05) is 34.5 Å². The van der Waals surface area contributed by atoms with Crippen LogP contribution in [0.3, 0.4) is 0 Å². The summed E-state index contributed by atoms with van der Waals surface area (Å²) in [6.45, 7) is 13.8. The molecule has 0 aromatic heterocycles. The molecule has 0 saturated carbocycles. The fourth-order valence-electron chi connectivity index (χ4n) is 20.4. The molecule has 6 nitrogen and oxygen atoms in total. The minimum absolute atomic E-state index is 0.492. The lowest BCUT2D eigenvalue weighted by atomic mass is 9.94. The summed E-state index contributed by atoms with van der Waals surface area (Å²) in [5.41, 5.74) is 0. The Bertz CT molecular complexity index is 2620. The number of unbranched alkanes of at least 4 members (excludes halogenated alkanes) is 84. The predicted octanol–water partition coefficient (Wildman–Crippen LogP) is 41.0. The predicted molar refractivity (Wildman–Crippen MR) is 596 cm³/mol. The summed E-state index contributed by atoms with van der Waals surface area (Å²) >= 11 is -8.81. The van der Waals surface area contributed by atoms with Crippen molar-refractivity contribution in [3.8, 4) is 0 Å². The first-order valence-corrected chi connectivity index (χ1v) is 66.8. The van der Waals surface area contributed by atoms with Crippen LogP contribution in [0.25, 0.3) is 32.3 Å². The molecule has 0 bridgehead atoms. The van der Waals surface area contributed by atoms with Crippen molar-refractivity contribution in [2.24, 2.45) is 0 Å². The molecule has 0 aliphatic heterocycles. The zero-order valence-corrected chi connectivity index (χ0v) is 93.1. The minimum Gasteiger partial charge on any atom is -0.611 e. The Labute approximate surface area is 839 Å². The van der Waals surface area contributed by atoms with Crippen molar-refractivity contribution in [1.29, 1.82) is 0 Å². The smallest absolute Gasteiger partial charge is 0.208 e. The Balaban J connectivity index is 1.84. The highest BCUT2D eigenvalue weighted by Gasteiger charge is 2.34. The van der Waals surface area contributed by atoms with Gasteiger partial charge in [-0.25, -0.2) is 0 Å². The van der Waals surface area contributed by atoms with Crippen LogP contribution in [0.1, 0.15) is 619 Å². The van der Waals surface area contributed by atoms with E-state index in [0.717, 1.165) is 148 Å². The standard InChI is InChI=1S/C120H216O6S6/c1-7-13-19-25-31-37-43-49-55-61-67-73-79-85-91-97-127(121)115-103-109-110(104-116(115)128(122)98-92-86-80-74-68-62-56-50-44-38-32-26-20-14-8-2)112-106-118(130(124)100-94-88-82-76-70-64-58-52-46-40-34-28-22-16-10-4)120(132(126)102-96-90-84-78-72-66-60-54-48-42-36-30-24-18-12-6)108-114(112)113-107-119(131(125)101-95-89-83-77-71-65-59-53-47-41-35-29-23-17-11-5)117(105-111(109)113)129(123)99-93-87-81-75-69-63-57-51-45-39-33-27-21-15-9-3/h103-108H,7-102H2,1-6H3. The molecule has 0 amide bonds. The summed E-state index contributed by atoms with van der Waals surface area (Å²) in [7, 11) is 0. The van der Waals surface area contributed by atoms with Crippen molar-refractivity contribution in [3.63, 3.8) is 0 Å². The SMILES string of the molecule is CCCCCCCCCCCCCCCCC[S+]([O-])c1cc2c3cc([S+]([O-])CCCCCCCCCCCCCCCCC)c([S+]([O-])CCCCCCCCCCCCCCCCC)cc3c3cc([S+]([O-])CCCCCCCCCCCCCCCCC)c([S+]([O-])CCCCCCCCCCCCCCCCC)cc3c2cc1[S+]([O-])CCCCCCCCCCCCCCCCC. The summed E-state index contributed by atoms with van der Waals surface area (Å²) in [6, 6.07) is 12.8. The molecule has 6 unspecified atom stereocenters. The second-order valence-corrected chi connectivity index (χ2v) is 50.8. The highest BCUT2D eigenvalue weighted by Crippen LogP contribution is 2.45. The Morgan fingerprint density at radius 3 is 0.258 bits per heavy atom. The molecule has 0 N–H and O–H groups in total. The van der Waals surface area contributed by atoms with Crippen LogP contribution in [0.5, 0.6) is 0 Å². The molecule has 768 valence electrons. The van der Waals surface area contributed by atoms with E-state index < -0.39 is 67.1 Å². The molecule has 0 spiro atoms. The lowest BCUT2D eigenvalue weighted by Crippen LogP contribution is -2.17. The molecule has 4 aromatic rings. The molecule has 0 radical (unpaired) electrons. The quantitative estimate of drug-likeness (QED) is 0.0245. The highest BCUT2D eigenvalue weighted by molar-refractivity contribution is 7.95. The van der Waals surface area contributed by atoms with Crippen molar-refractivity contribution in [3.05, 3.63) is 36.4 Å². The van der Waals surface area contributed by atoms with Crippen LogP contribution >= 0.6 is 0 Å². The maximum atomic E-state index is 15.7. The Morgan fingerprint density at radius 2 is 0.182 bits per heavy atom. The molecule has 0 heterocycles. The van der Waals surface area contributed by atoms with Gasteiger partial charge in [-0.05, 0) is 176 Å². The molecule has 0 saturated heterocycles. The van der Waals surface area contributed by atoms with Gasteiger partial charge in [-0.1, -0.05) is 542 Å². The second-order valence-electron chi connectivity index (χ2n) is 41.5. The van der Waals surface area contributed by atoms with Crippen LogP contribution in [0.4, 0.5) is 0 Å². The van der Waals surface area contributed by atoms with Crippen LogP contribution in [-0.4, -0.2) is 61.8 Å². The lowest BCUT2D eigenvalue weighted by molar-refractivity contribution is 0.533. The van der Waals surface area contributed by atoms with Gasteiger partial charge in [0.25, 0.3) is 0 Å². The van der Waals surface area contributed by atoms with E-state index in [1.165, 1.54) is 462 Å². The van der Waals surface area contributed by atoms with Crippen molar-refractivity contribution in [2.45, 2.75) is 649 Å². The van der Waals surface area contributed by atoms with E-state index in [9.17, 15) is 0 Å². The summed E-state index contributed by atoms with van der Waals surface area (Å²) in [5, 5.41) is 5.17. The van der Waals surface area contributed by atoms with E-state index in [4.69, 9.17) is 0 Å².